The summed E-state index contributed by atoms with van der Waals surface area (Å²) in [5.41, 5.74) is 3.96. The molecule has 0 atom stereocenters. The Hall–Kier alpha value is -2.95. The zero-order valence-corrected chi connectivity index (χ0v) is 13.7. The smallest absolute Gasteiger partial charge is 0.329 e. The molecule has 1 heterocycles. The number of hydroxylamine groups is 2. The number of benzene rings is 2. The van der Waals surface area contributed by atoms with Gasteiger partial charge in [0.1, 0.15) is 0 Å². The average molecular weight is 335 g/mol. The summed E-state index contributed by atoms with van der Waals surface area (Å²) in [4.78, 5) is 41.7. The predicted octanol–water partition coefficient (Wildman–Crippen LogP) is 2.86. The Morgan fingerprint density at radius 3 is 2.24 bits per heavy atom. The first kappa shape index (κ1) is 15.6. The number of carbonyl (C=O) groups is 3. The molecule has 0 fully saturated rings. The fourth-order valence-corrected chi connectivity index (χ4v) is 3.45. The van der Waals surface area contributed by atoms with E-state index >= 15 is 0 Å². The maximum atomic E-state index is 12.2. The molecule has 0 N–H and O–H groups in total. The lowest BCUT2D eigenvalue weighted by Crippen LogP contribution is -2.33. The maximum Gasteiger partial charge on any atom is 0.337 e. The highest BCUT2D eigenvalue weighted by molar-refractivity contribution is 6.20. The SMILES string of the molecule is O=C(Cc1ccc2c(c1)CCCC2)ON1C(=O)c2ccccc2C1=O. The van der Waals surface area contributed by atoms with Crippen LogP contribution >= 0.6 is 0 Å². The quantitative estimate of drug-likeness (QED) is 0.809. The second-order valence-electron chi connectivity index (χ2n) is 6.40. The summed E-state index contributed by atoms with van der Waals surface area (Å²) in [6.07, 6.45) is 4.50. The van der Waals surface area contributed by atoms with Gasteiger partial charge >= 0.3 is 5.97 Å². The fraction of sp³-hybridized carbons (Fsp3) is 0.250. The van der Waals surface area contributed by atoms with E-state index in [9.17, 15) is 14.4 Å². The number of nitrogens with zero attached hydrogens (tertiary/aromatic N) is 1. The van der Waals surface area contributed by atoms with Crippen LogP contribution in [0, 0.1) is 0 Å². The van der Waals surface area contributed by atoms with E-state index in [1.165, 1.54) is 17.5 Å². The van der Waals surface area contributed by atoms with E-state index in [4.69, 9.17) is 4.84 Å². The van der Waals surface area contributed by atoms with Gasteiger partial charge in [0, 0.05) is 0 Å². The minimum Gasteiger partial charge on any atom is -0.329 e. The van der Waals surface area contributed by atoms with Crippen molar-refractivity contribution in [3.8, 4) is 0 Å². The van der Waals surface area contributed by atoms with Crippen molar-refractivity contribution in [3.63, 3.8) is 0 Å². The Balaban J connectivity index is 1.46. The Kier molecular flexibility index (Phi) is 3.84. The molecule has 5 heteroatoms. The number of amides is 2. The van der Waals surface area contributed by atoms with Crippen molar-refractivity contribution in [1.82, 2.24) is 5.06 Å². The minimum absolute atomic E-state index is 0.0285. The number of imide groups is 1. The van der Waals surface area contributed by atoms with E-state index < -0.39 is 17.8 Å². The molecular weight excluding hydrogens is 318 g/mol. The lowest BCUT2D eigenvalue weighted by atomic mass is 9.90. The summed E-state index contributed by atoms with van der Waals surface area (Å²) in [5.74, 6) is -1.82. The second kappa shape index (κ2) is 6.16. The molecule has 0 spiro atoms. The average Bonchev–Trinajstić information content (AvgIpc) is 2.87. The lowest BCUT2D eigenvalue weighted by Gasteiger charge is -2.17. The van der Waals surface area contributed by atoms with E-state index in [-0.39, 0.29) is 17.5 Å². The summed E-state index contributed by atoms with van der Waals surface area (Å²) >= 11 is 0. The first-order chi connectivity index (χ1) is 12.1. The van der Waals surface area contributed by atoms with Crippen LogP contribution in [0.2, 0.25) is 0 Å². The zero-order valence-electron chi connectivity index (χ0n) is 13.7. The standard InChI is InChI=1S/C20H17NO4/c22-18(12-13-9-10-14-5-1-2-6-15(14)11-13)25-21-19(23)16-7-3-4-8-17(16)20(21)24/h3-4,7-11H,1-2,5-6,12H2. The van der Waals surface area contributed by atoms with Crippen LogP contribution in [0.4, 0.5) is 0 Å². The maximum absolute atomic E-state index is 12.2. The van der Waals surface area contributed by atoms with Crippen molar-refractivity contribution >= 4 is 17.8 Å². The predicted molar refractivity (Wildman–Crippen MR) is 89.8 cm³/mol. The molecular formula is C20H17NO4. The largest absolute Gasteiger partial charge is 0.337 e. The van der Waals surface area contributed by atoms with Gasteiger partial charge in [0.15, 0.2) is 0 Å². The van der Waals surface area contributed by atoms with E-state index in [1.807, 2.05) is 12.1 Å². The van der Waals surface area contributed by atoms with Gasteiger partial charge < -0.3 is 4.84 Å². The molecule has 0 bridgehead atoms. The first-order valence-electron chi connectivity index (χ1n) is 8.43. The highest BCUT2D eigenvalue weighted by Crippen LogP contribution is 2.24. The number of aryl methyl sites for hydroxylation is 2. The normalized spacial score (nSPS) is 15.8. The highest BCUT2D eigenvalue weighted by Gasteiger charge is 2.38. The van der Waals surface area contributed by atoms with Gasteiger partial charge in [0.25, 0.3) is 11.8 Å². The topological polar surface area (TPSA) is 63.7 Å². The molecule has 5 nitrogen and oxygen atoms in total. The number of rotatable bonds is 3. The van der Waals surface area contributed by atoms with Gasteiger partial charge in [0.2, 0.25) is 0 Å². The van der Waals surface area contributed by atoms with Crippen molar-refractivity contribution < 1.29 is 19.2 Å². The third kappa shape index (κ3) is 2.82. The monoisotopic (exact) mass is 335 g/mol. The molecule has 0 saturated carbocycles. The Bertz CT molecular complexity index is 852. The van der Waals surface area contributed by atoms with Gasteiger partial charge in [-0.1, -0.05) is 35.4 Å². The first-order valence-corrected chi connectivity index (χ1v) is 8.43. The number of hydrogen-bond acceptors (Lipinski definition) is 4. The molecule has 2 aliphatic rings. The number of hydrogen-bond donors (Lipinski definition) is 0. The van der Waals surface area contributed by atoms with Crippen molar-refractivity contribution in [2.45, 2.75) is 32.1 Å². The van der Waals surface area contributed by atoms with Crippen LogP contribution < -0.4 is 0 Å². The fourth-order valence-electron chi connectivity index (χ4n) is 3.45. The number of fused-ring (bicyclic) bond motifs is 2. The van der Waals surface area contributed by atoms with E-state index in [0.717, 1.165) is 24.8 Å². The van der Waals surface area contributed by atoms with Gasteiger partial charge in [-0.05, 0) is 54.5 Å². The second-order valence-corrected chi connectivity index (χ2v) is 6.40. The van der Waals surface area contributed by atoms with Crippen LogP contribution in [0.1, 0.15) is 50.2 Å². The van der Waals surface area contributed by atoms with Gasteiger partial charge in [-0.2, -0.15) is 0 Å². The molecule has 1 aliphatic carbocycles. The highest BCUT2D eigenvalue weighted by atomic mass is 16.7. The molecule has 25 heavy (non-hydrogen) atoms. The molecule has 4 rings (SSSR count). The van der Waals surface area contributed by atoms with Gasteiger partial charge in [-0.15, -0.1) is 0 Å². The van der Waals surface area contributed by atoms with Crippen LogP contribution in [0.5, 0.6) is 0 Å². The Morgan fingerprint density at radius 2 is 1.56 bits per heavy atom. The van der Waals surface area contributed by atoms with Crippen molar-refractivity contribution in [3.05, 3.63) is 70.3 Å². The van der Waals surface area contributed by atoms with Crippen molar-refractivity contribution in [2.24, 2.45) is 0 Å². The van der Waals surface area contributed by atoms with E-state index in [0.29, 0.717) is 5.06 Å². The molecule has 0 unspecified atom stereocenters. The molecule has 0 aromatic heterocycles. The summed E-state index contributed by atoms with van der Waals surface area (Å²) in [5, 5.41) is 0.561. The molecule has 2 aromatic carbocycles. The van der Waals surface area contributed by atoms with Crippen LogP contribution in [-0.2, 0) is 28.9 Å². The van der Waals surface area contributed by atoms with E-state index in [1.54, 1.807) is 24.3 Å². The van der Waals surface area contributed by atoms with Crippen molar-refractivity contribution in [1.29, 1.82) is 0 Å². The molecule has 2 amide bonds. The summed E-state index contributed by atoms with van der Waals surface area (Å²) in [7, 11) is 0. The van der Waals surface area contributed by atoms with Gasteiger partial charge in [0.05, 0.1) is 17.5 Å². The molecule has 1 aliphatic heterocycles. The zero-order chi connectivity index (χ0) is 17.4. The summed E-state index contributed by atoms with van der Waals surface area (Å²) in [6, 6.07) is 12.4. The molecule has 0 saturated heterocycles. The van der Waals surface area contributed by atoms with Crippen LogP contribution in [0.25, 0.3) is 0 Å². The minimum atomic E-state index is -0.620. The van der Waals surface area contributed by atoms with Crippen LogP contribution in [-0.4, -0.2) is 22.8 Å². The summed E-state index contributed by atoms with van der Waals surface area (Å²) in [6.45, 7) is 0. The van der Waals surface area contributed by atoms with Gasteiger partial charge in [-0.3, -0.25) is 9.59 Å². The molecule has 0 radical (unpaired) electrons. The molecule has 126 valence electrons. The Morgan fingerprint density at radius 1 is 0.920 bits per heavy atom. The number of carbonyl (C=O) groups excluding carboxylic acids is 3. The summed E-state index contributed by atoms with van der Waals surface area (Å²) < 4.78 is 0. The van der Waals surface area contributed by atoms with Crippen LogP contribution in [0.15, 0.2) is 42.5 Å². The van der Waals surface area contributed by atoms with Crippen LogP contribution in [0.3, 0.4) is 0 Å². The third-order valence-corrected chi connectivity index (χ3v) is 4.71. The lowest BCUT2D eigenvalue weighted by molar-refractivity contribution is -0.167. The van der Waals surface area contributed by atoms with Crippen molar-refractivity contribution in [2.75, 3.05) is 0 Å². The molecule has 2 aromatic rings. The van der Waals surface area contributed by atoms with E-state index in [2.05, 4.69) is 6.07 Å². The van der Waals surface area contributed by atoms with Gasteiger partial charge in [-0.25, -0.2) is 4.79 Å². The Labute approximate surface area is 145 Å². The third-order valence-electron chi connectivity index (χ3n) is 4.71.